The molecule has 0 aromatic rings. The van der Waals surface area contributed by atoms with Crippen LogP contribution in [0.1, 0.15) is 40.5 Å². The highest BCUT2D eigenvalue weighted by Crippen LogP contribution is 2.33. The molecule has 0 radical (unpaired) electrons. The molecule has 4 N–H and O–H groups in total. The molecule has 0 spiro atoms. The quantitative estimate of drug-likeness (QED) is 0.409. The van der Waals surface area contributed by atoms with Crippen LogP contribution in [0.2, 0.25) is 0 Å². The van der Waals surface area contributed by atoms with Crippen molar-refractivity contribution >= 4 is 23.1 Å². The number of hydrogen-bond acceptors (Lipinski definition) is 7. The van der Waals surface area contributed by atoms with Gasteiger partial charge >= 0.3 is 0 Å². The molecule has 8 atom stereocenters. The van der Waals surface area contributed by atoms with E-state index in [1.165, 1.54) is 11.8 Å². The summed E-state index contributed by atoms with van der Waals surface area (Å²) in [6, 6.07) is -0.449. The highest BCUT2D eigenvalue weighted by Gasteiger charge is 2.49. The third-order valence-electron chi connectivity index (χ3n) is 4.56. The lowest BCUT2D eigenvalue weighted by molar-refractivity contribution is -0.205. The maximum Gasteiger partial charge on any atom is 0.136 e. The maximum atomic E-state index is 12.6. The van der Waals surface area contributed by atoms with Gasteiger partial charge in [0, 0.05) is 11.4 Å². The molecule has 0 amide bonds. The van der Waals surface area contributed by atoms with Crippen molar-refractivity contribution in [2.24, 2.45) is 5.92 Å². The van der Waals surface area contributed by atoms with E-state index in [9.17, 15) is 19.9 Å². The van der Waals surface area contributed by atoms with Crippen molar-refractivity contribution in [3.63, 3.8) is 0 Å². The summed E-state index contributed by atoms with van der Waals surface area (Å²) in [5.41, 5.74) is -0.610. The van der Waals surface area contributed by atoms with Crippen LogP contribution in [0.3, 0.4) is 0 Å². The van der Waals surface area contributed by atoms with Crippen molar-refractivity contribution in [3.8, 4) is 0 Å². The van der Waals surface area contributed by atoms with E-state index in [1.807, 2.05) is 33.8 Å². The summed E-state index contributed by atoms with van der Waals surface area (Å²) in [6.45, 7) is 7.59. The monoisotopic (exact) mass is 393 g/mol. The Morgan fingerprint density at radius 1 is 1.20 bits per heavy atom. The summed E-state index contributed by atoms with van der Waals surface area (Å²) in [7, 11) is 0. The molecule has 146 valence electrons. The van der Waals surface area contributed by atoms with Crippen molar-refractivity contribution in [2.45, 2.75) is 81.2 Å². The Bertz CT molecular complexity index is 459. The number of thioether (sulfide) groups is 1. The summed E-state index contributed by atoms with van der Waals surface area (Å²) in [5, 5.41) is 31.0. The zero-order valence-corrected chi connectivity index (χ0v) is 16.9. The number of fused-ring (bicyclic) bond motifs is 2. The Kier molecular flexibility index (Phi) is 7.68. The lowest BCUT2D eigenvalue weighted by atomic mass is 9.88. The number of hydrogen-bond donors (Lipinski definition) is 4. The second kappa shape index (κ2) is 8.93. The van der Waals surface area contributed by atoms with Gasteiger partial charge in [-0.05, 0) is 45.3 Å². The minimum absolute atomic E-state index is 0.0582. The maximum absolute atomic E-state index is 12.6. The SMILES string of the molecule is C[C@@H]1/C=C\CCCSC2OC(C(O)C(O)C2O)[C@@H]1N[S+]([O-])C(C)(C)C. The molecule has 0 aromatic heterocycles. The molecular formula is C17H31NO5S2. The van der Waals surface area contributed by atoms with Gasteiger partial charge in [-0.3, -0.25) is 0 Å². The second-order valence-electron chi connectivity index (χ2n) is 7.77. The first-order valence-corrected chi connectivity index (χ1v) is 11.0. The van der Waals surface area contributed by atoms with E-state index in [-0.39, 0.29) is 5.92 Å². The largest absolute Gasteiger partial charge is 0.598 e. The molecule has 8 heteroatoms. The number of ether oxygens (including phenoxy) is 1. The summed E-state index contributed by atoms with van der Waals surface area (Å²) in [6.07, 6.45) is 1.53. The van der Waals surface area contributed by atoms with Crippen LogP contribution in [-0.4, -0.2) is 66.3 Å². The normalized spacial score (nSPS) is 43.1. The molecule has 2 rings (SSSR count). The fourth-order valence-corrected chi connectivity index (χ4v) is 4.99. The standard InChI is InChI=1S/C17H31NO5S2/c1-10-8-6-5-7-9-24-16-14(21)12(19)13(20)15(23-16)11(10)18-25(22)17(2,3)4/h6,8,10-16,18-21H,5,7,9H2,1-4H3/b8-6-/t10-,11-,12?,13?,14?,15?,16?,25?/m1/s1. The van der Waals surface area contributed by atoms with Crippen LogP contribution in [0.4, 0.5) is 0 Å². The predicted molar refractivity (Wildman–Crippen MR) is 101 cm³/mol. The van der Waals surface area contributed by atoms with E-state index in [4.69, 9.17) is 4.74 Å². The van der Waals surface area contributed by atoms with Gasteiger partial charge in [0.15, 0.2) is 0 Å². The summed E-state index contributed by atoms with van der Waals surface area (Å²) >= 11 is 0.0913. The molecule has 2 aliphatic rings. The van der Waals surface area contributed by atoms with Crippen molar-refractivity contribution in [3.05, 3.63) is 12.2 Å². The second-order valence-corrected chi connectivity index (χ2v) is 11.0. The summed E-state index contributed by atoms with van der Waals surface area (Å²) in [4.78, 5) is 0. The van der Waals surface area contributed by atoms with Gasteiger partial charge < -0.3 is 24.6 Å². The molecule has 6 unspecified atom stereocenters. The molecule has 2 heterocycles. The predicted octanol–water partition coefficient (Wildman–Crippen LogP) is 0.934. The van der Waals surface area contributed by atoms with E-state index in [1.54, 1.807) is 0 Å². The third kappa shape index (κ3) is 5.35. The van der Waals surface area contributed by atoms with Crippen LogP contribution in [0.25, 0.3) is 0 Å². The molecule has 25 heavy (non-hydrogen) atoms. The molecule has 0 aromatic carbocycles. The van der Waals surface area contributed by atoms with Gasteiger partial charge in [0.25, 0.3) is 0 Å². The molecule has 2 aliphatic heterocycles. The van der Waals surface area contributed by atoms with Crippen LogP contribution in [0, 0.1) is 5.92 Å². The fraction of sp³-hybridized carbons (Fsp3) is 0.882. The van der Waals surface area contributed by atoms with Crippen molar-refractivity contribution in [1.82, 2.24) is 4.72 Å². The topological polar surface area (TPSA) is 105 Å². The van der Waals surface area contributed by atoms with Crippen LogP contribution in [0.15, 0.2) is 12.2 Å². The molecular weight excluding hydrogens is 362 g/mol. The fourth-order valence-electron chi connectivity index (χ4n) is 2.91. The van der Waals surface area contributed by atoms with Crippen LogP contribution < -0.4 is 4.72 Å². The van der Waals surface area contributed by atoms with Crippen LogP contribution in [0.5, 0.6) is 0 Å². The Balaban J connectivity index is 2.30. The van der Waals surface area contributed by atoms with Gasteiger partial charge in [-0.15, -0.1) is 16.5 Å². The zero-order chi connectivity index (χ0) is 18.8. The Labute approximate surface area is 157 Å². The number of nitrogens with one attached hydrogen (secondary N) is 1. The molecule has 2 bridgehead atoms. The van der Waals surface area contributed by atoms with E-state index < -0.39 is 52.0 Å². The third-order valence-corrected chi connectivity index (χ3v) is 7.40. The van der Waals surface area contributed by atoms with E-state index in [0.717, 1.165) is 18.6 Å². The van der Waals surface area contributed by atoms with E-state index >= 15 is 0 Å². The summed E-state index contributed by atoms with van der Waals surface area (Å²) in [5.74, 6) is 0.735. The average molecular weight is 394 g/mol. The van der Waals surface area contributed by atoms with Gasteiger partial charge in [0.2, 0.25) is 0 Å². The van der Waals surface area contributed by atoms with Crippen molar-refractivity contribution in [2.75, 3.05) is 5.75 Å². The van der Waals surface area contributed by atoms with Gasteiger partial charge in [0.1, 0.15) is 34.6 Å². The molecule has 0 aliphatic carbocycles. The Morgan fingerprint density at radius 2 is 1.88 bits per heavy atom. The van der Waals surface area contributed by atoms with Gasteiger partial charge in [-0.1, -0.05) is 19.1 Å². The lowest BCUT2D eigenvalue weighted by Crippen LogP contribution is -2.64. The highest BCUT2D eigenvalue weighted by molar-refractivity contribution is 7.99. The lowest BCUT2D eigenvalue weighted by Gasteiger charge is -2.44. The Morgan fingerprint density at radius 3 is 2.52 bits per heavy atom. The zero-order valence-electron chi connectivity index (χ0n) is 15.3. The average Bonchev–Trinajstić information content (AvgIpc) is 2.56. The molecule has 6 nitrogen and oxygen atoms in total. The van der Waals surface area contributed by atoms with Crippen molar-refractivity contribution < 1.29 is 24.6 Å². The van der Waals surface area contributed by atoms with Crippen LogP contribution >= 0.6 is 11.8 Å². The first kappa shape index (κ1) is 21.5. The minimum Gasteiger partial charge on any atom is -0.598 e. The minimum atomic E-state index is -1.35. The molecule has 0 saturated carbocycles. The molecule has 1 saturated heterocycles. The smallest absolute Gasteiger partial charge is 0.136 e. The number of aliphatic hydroxyl groups is 3. The van der Waals surface area contributed by atoms with Crippen LogP contribution in [-0.2, 0) is 16.1 Å². The Hall–Kier alpha value is 0.200. The number of allylic oxidation sites excluding steroid dienone is 1. The summed E-state index contributed by atoms with van der Waals surface area (Å²) < 4.78 is 21.2. The number of aliphatic hydroxyl groups excluding tert-OH is 3. The van der Waals surface area contributed by atoms with Gasteiger partial charge in [-0.25, -0.2) is 0 Å². The van der Waals surface area contributed by atoms with E-state index in [0.29, 0.717) is 0 Å². The first-order chi connectivity index (χ1) is 11.6. The van der Waals surface area contributed by atoms with Gasteiger partial charge in [-0.2, -0.15) is 0 Å². The highest BCUT2D eigenvalue weighted by atomic mass is 32.2. The first-order valence-electron chi connectivity index (χ1n) is 8.79. The number of rotatable bonds is 2. The molecule has 1 fully saturated rings. The van der Waals surface area contributed by atoms with Crippen molar-refractivity contribution in [1.29, 1.82) is 0 Å². The van der Waals surface area contributed by atoms with Gasteiger partial charge in [0.05, 0.1) is 6.04 Å². The van der Waals surface area contributed by atoms with E-state index in [2.05, 4.69) is 10.8 Å².